The van der Waals surface area contributed by atoms with Crippen LogP contribution in [0.15, 0.2) is 18.3 Å². The molecule has 1 rings (SSSR count). The summed E-state index contributed by atoms with van der Waals surface area (Å²) < 4.78 is 37.0. The molecule has 0 aliphatic rings. The number of nitrogens with two attached hydrogens (primary N) is 1. The van der Waals surface area contributed by atoms with E-state index < -0.39 is 12.7 Å². The van der Waals surface area contributed by atoms with E-state index in [1.54, 1.807) is 12.1 Å². The quantitative estimate of drug-likeness (QED) is 0.868. The molecule has 0 amide bonds. The Morgan fingerprint density at radius 2 is 2.12 bits per heavy atom. The van der Waals surface area contributed by atoms with Crippen LogP contribution in [0.2, 0.25) is 0 Å². The van der Waals surface area contributed by atoms with Crippen LogP contribution in [0.3, 0.4) is 0 Å². The fraction of sp³-hybridized carbons (Fsp3) is 0.500. The first-order valence-corrected chi connectivity index (χ1v) is 4.96. The van der Waals surface area contributed by atoms with Crippen molar-refractivity contribution in [3.05, 3.63) is 18.3 Å². The third kappa shape index (κ3) is 3.60. The highest BCUT2D eigenvalue weighted by atomic mass is 19.4. The zero-order valence-corrected chi connectivity index (χ0v) is 8.96. The highest BCUT2D eigenvalue weighted by molar-refractivity contribution is 5.62. The highest BCUT2D eigenvalue weighted by Crippen LogP contribution is 2.24. The molecular weight excluding hydrogens is 219 g/mol. The van der Waals surface area contributed by atoms with Gasteiger partial charge in [-0.2, -0.15) is 13.2 Å². The van der Waals surface area contributed by atoms with Crippen LogP contribution < -0.4 is 10.6 Å². The van der Waals surface area contributed by atoms with Crippen molar-refractivity contribution in [1.82, 2.24) is 4.98 Å². The van der Waals surface area contributed by atoms with Gasteiger partial charge in [0, 0.05) is 12.7 Å². The maximum Gasteiger partial charge on any atom is 0.405 e. The van der Waals surface area contributed by atoms with Gasteiger partial charge in [-0.1, -0.05) is 6.92 Å². The zero-order chi connectivity index (χ0) is 12.2. The molecule has 1 aromatic rings. The average Bonchev–Trinajstić information content (AvgIpc) is 2.16. The molecule has 6 heteroatoms. The number of hydrogen-bond donors (Lipinski definition) is 1. The number of rotatable bonds is 4. The van der Waals surface area contributed by atoms with Crippen LogP contribution in [0.25, 0.3) is 0 Å². The van der Waals surface area contributed by atoms with E-state index in [1.807, 2.05) is 6.92 Å². The number of nitrogen functional groups attached to an aromatic ring is 1. The molecule has 0 saturated heterocycles. The molecule has 0 unspecified atom stereocenters. The van der Waals surface area contributed by atoms with E-state index in [2.05, 4.69) is 4.98 Å². The van der Waals surface area contributed by atoms with Crippen LogP contribution in [0.5, 0.6) is 0 Å². The fourth-order valence-corrected chi connectivity index (χ4v) is 1.42. The summed E-state index contributed by atoms with van der Waals surface area (Å²) >= 11 is 0. The molecule has 0 bridgehead atoms. The van der Waals surface area contributed by atoms with E-state index in [1.165, 1.54) is 6.20 Å². The van der Waals surface area contributed by atoms with Crippen LogP contribution >= 0.6 is 0 Å². The predicted octanol–water partition coefficient (Wildman–Crippen LogP) is 2.44. The maximum absolute atomic E-state index is 12.3. The molecule has 1 aromatic heterocycles. The Hall–Kier alpha value is -1.46. The van der Waals surface area contributed by atoms with Crippen molar-refractivity contribution in [3.63, 3.8) is 0 Å². The van der Waals surface area contributed by atoms with Crippen molar-refractivity contribution in [2.45, 2.75) is 19.5 Å². The first-order chi connectivity index (χ1) is 7.44. The molecule has 0 aromatic carbocycles. The monoisotopic (exact) mass is 233 g/mol. The zero-order valence-electron chi connectivity index (χ0n) is 8.96. The smallest absolute Gasteiger partial charge is 0.396 e. The van der Waals surface area contributed by atoms with Crippen LogP contribution in [-0.2, 0) is 0 Å². The Bertz CT molecular complexity index is 338. The maximum atomic E-state index is 12.3. The lowest BCUT2D eigenvalue weighted by molar-refractivity contribution is -0.119. The molecule has 0 aliphatic heterocycles. The van der Waals surface area contributed by atoms with E-state index in [-0.39, 0.29) is 18.1 Å². The fourth-order valence-electron chi connectivity index (χ4n) is 1.42. The van der Waals surface area contributed by atoms with Crippen molar-refractivity contribution in [2.24, 2.45) is 0 Å². The first-order valence-electron chi connectivity index (χ1n) is 4.96. The third-order valence-electron chi connectivity index (χ3n) is 1.98. The molecule has 0 aliphatic carbocycles. The van der Waals surface area contributed by atoms with E-state index in [0.717, 1.165) is 4.90 Å². The van der Waals surface area contributed by atoms with Gasteiger partial charge in [0.2, 0.25) is 0 Å². The summed E-state index contributed by atoms with van der Waals surface area (Å²) in [4.78, 5) is 5.03. The largest absolute Gasteiger partial charge is 0.405 e. The summed E-state index contributed by atoms with van der Waals surface area (Å²) in [6.07, 6.45) is -2.21. The molecule has 16 heavy (non-hydrogen) atoms. The van der Waals surface area contributed by atoms with E-state index >= 15 is 0 Å². The minimum atomic E-state index is -4.25. The Labute approximate surface area is 92.1 Å². The molecular formula is C10H14F3N3. The lowest BCUT2D eigenvalue weighted by Gasteiger charge is -2.25. The van der Waals surface area contributed by atoms with Crippen molar-refractivity contribution in [3.8, 4) is 0 Å². The van der Waals surface area contributed by atoms with Gasteiger partial charge in [-0.25, -0.2) is 4.98 Å². The first kappa shape index (κ1) is 12.6. The SMILES string of the molecule is CCCN(CC(F)(F)F)c1ncccc1N. The van der Waals surface area contributed by atoms with Crippen LogP contribution in [0.4, 0.5) is 24.7 Å². The van der Waals surface area contributed by atoms with Gasteiger partial charge in [-0.3, -0.25) is 0 Å². The van der Waals surface area contributed by atoms with Crippen molar-refractivity contribution < 1.29 is 13.2 Å². The number of aromatic nitrogens is 1. The summed E-state index contributed by atoms with van der Waals surface area (Å²) in [6.45, 7) is 1.06. The second-order valence-corrected chi connectivity index (χ2v) is 3.45. The van der Waals surface area contributed by atoms with Crippen molar-refractivity contribution >= 4 is 11.5 Å². The predicted molar refractivity (Wildman–Crippen MR) is 57.2 cm³/mol. The molecule has 0 fully saturated rings. The summed E-state index contributed by atoms with van der Waals surface area (Å²) in [7, 11) is 0. The molecule has 2 N–H and O–H groups in total. The normalized spacial score (nSPS) is 11.5. The molecule has 0 radical (unpaired) electrons. The van der Waals surface area contributed by atoms with Gasteiger partial charge in [0.1, 0.15) is 6.54 Å². The average molecular weight is 233 g/mol. The van der Waals surface area contributed by atoms with E-state index in [4.69, 9.17) is 5.73 Å². The van der Waals surface area contributed by atoms with Gasteiger partial charge in [-0.15, -0.1) is 0 Å². The minimum absolute atomic E-state index is 0.196. The molecule has 90 valence electrons. The van der Waals surface area contributed by atoms with E-state index in [0.29, 0.717) is 6.42 Å². The summed E-state index contributed by atoms with van der Waals surface area (Å²) in [5, 5.41) is 0. The Kier molecular flexibility index (Phi) is 3.98. The number of anilines is 2. The lowest BCUT2D eigenvalue weighted by Crippen LogP contribution is -2.35. The second-order valence-electron chi connectivity index (χ2n) is 3.45. The number of hydrogen-bond acceptors (Lipinski definition) is 3. The van der Waals surface area contributed by atoms with Crippen LogP contribution in [0.1, 0.15) is 13.3 Å². The van der Waals surface area contributed by atoms with Gasteiger partial charge < -0.3 is 10.6 Å². The minimum Gasteiger partial charge on any atom is -0.396 e. The molecule has 0 saturated carbocycles. The number of pyridine rings is 1. The lowest BCUT2D eigenvalue weighted by atomic mass is 10.3. The number of nitrogens with zero attached hydrogens (tertiary/aromatic N) is 2. The van der Waals surface area contributed by atoms with E-state index in [9.17, 15) is 13.2 Å². The highest BCUT2D eigenvalue weighted by Gasteiger charge is 2.31. The standard InChI is InChI=1S/C10H14F3N3/c1-2-6-16(7-10(11,12)13)9-8(14)4-3-5-15-9/h3-5H,2,6-7,14H2,1H3. The van der Waals surface area contributed by atoms with Gasteiger partial charge in [0.05, 0.1) is 5.69 Å². The van der Waals surface area contributed by atoms with Gasteiger partial charge in [0.15, 0.2) is 5.82 Å². The second kappa shape index (κ2) is 5.05. The Balaban J connectivity index is 2.89. The number of halogens is 3. The van der Waals surface area contributed by atoms with Crippen LogP contribution in [-0.4, -0.2) is 24.2 Å². The topological polar surface area (TPSA) is 42.2 Å². The van der Waals surface area contributed by atoms with Crippen molar-refractivity contribution in [1.29, 1.82) is 0 Å². The van der Waals surface area contributed by atoms with Gasteiger partial charge in [-0.05, 0) is 18.6 Å². The van der Waals surface area contributed by atoms with Crippen molar-refractivity contribution in [2.75, 3.05) is 23.7 Å². The molecule has 1 heterocycles. The Morgan fingerprint density at radius 3 is 2.62 bits per heavy atom. The van der Waals surface area contributed by atoms with Crippen LogP contribution in [0, 0.1) is 0 Å². The molecule has 0 spiro atoms. The molecule has 3 nitrogen and oxygen atoms in total. The summed E-state index contributed by atoms with van der Waals surface area (Å²) in [5.74, 6) is 0.196. The summed E-state index contributed by atoms with van der Waals surface area (Å²) in [5.41, 5.74) is 5.86. The summed E-state index contributed by atoms with van der Waals surface area (Å²) in [6, 6.07) is 3.14. The van der Waals surface area contributed by atoms with Gasteiger partial charge in [0.25, 0.3) is 0 Å². The van der Waals surface area contributed by atoms with Gasteiger partial charge >= 0.3 is 6.18 Å². The number of alkyl halides is 3. The molecule has 0 atom stereocenters. The Morgan fingerprint density at radius 1 is 1.44 bits per heavy atom. The third-order valence-corrected chi connectivity index (χ3v) is 1.98.